The van der Waals surface area contributed by atoms with Crippen molar-refractivity contribution in [2.24, 2.45) is 0 Å². The Morgan fingerprint density at radius 2 is 1.85 bits per heavy atom. The van der Waals surface area contributed by atoms with Crippen molar-refractivity contribution in [1.82, 2.24) is 25.0 Å². The number of fused-ring (bicyclic) bond motifs is 1. The number of hydrazine groups is 1. The minimum absolute atomic E-state index is 0.0737. The molecule has 1 amide bonds. The van der Waals surface area contributed by atoms with Gasteiger partial charge in [-0.05, 0) is 26.0 Å². The predicted molar refractivity (Wildman–Crippen MR) is 102 cm³/mol. The standard InChI is InChI=1S/C20H23N5O2/c1-14-3-6-16(7-4-14)20-17(25-18(21-20)8-5-15(2)22-25)13-19(26)23-24-9-11-27-12-10-24/h3-8H,9-13H2,1-2H3,(H,23,26). The number of hydrogen-bond acceptors (Lipinski definition) is 5. The third-order valence-corrected chi connectivity index (χ3v) is 4.65. The van der Waals surface area contributed by atoms with Gasteiger partial charge in [-0.25, -0.2) is 14.5 Å². The summed E-state index contributed by atoms with van der Waals surface area (Å²) in [5, 5.41) is 6.48. The highest BCUT2D eigenvalue weighted by atomic mass is 16.5. The molecule has 0 atom stereocenters. The molecule has 7 heteroatoms. The summed E-state index contributed by atoms with van der Waals surface area (Å²) < 4.78 is 7.11. The van der Waals surface area contributed by atoms with E-state index in [1.165, 1.54) is 5.56 Å². The zero-order valence-electron chi connectivity index (χ0n) is 15.6. The second-order valence-corrected chi connectivity index (χ2v) is 6.83. The van der Waals surface area contributed by atoms with E-state index in [0.717, 1.165) is 28.3 Å². The maximum absolute atomic E-state index is 12.7. The van der Waals surface area contributed by atoms with Crippen LogP contribution in [-0.4, -0.2) is 51.8 Å². The Kier molecular flexibility index (Phi) is 4.87. The lowest BCUT2D eigenvalue weighted by Crippen LogP contribution is -2.48. The number of imidazole rings is 1. The second-order valence-electron chi connectivity index (χ2n) is 6.83. The molecular weight excluding hydrogens is 342 g/mol. The van der Waals surface area contributed by atoms with Gasteiger partial charge in [-0.3, -0.25) is 10.2 Å². The van der Waals surface area contributed by atoms with Gasteiger partial charge in [0, 0.05) is 18.7 Å². The fourth-order valence-electron chi connectivity index (χ4n) is 3.21. The number of ether oxygens (including phenoxy) is 1. The van der Waals surface area contributed by atoms with E-state index in [0.29, 0.717) is 26.3 Å². The Morgan fingerprint density at radius 1 is 1.11 bits per heavy atom. The Bertz CT molecular complexity index is 958. The van der Waals surface area contributed by atoms with Crippen molar-refractivity contribution in [2.45, 2.75) is 20.3 Å². The first kappa shape index (κ1) is 17.6. The Morgan fingerprint density at radius 3 is 2.59 bits per heavy atom. The summed E-state index contributed by atoms with van der Waals surface area (Å²) in [6.45, 7) is 6.64. The summed E-state index contributed by atoms with van der Waals surface area (Å²) in [4.78, 5) is 17.4. The molecule has 27 heavy (non-hydrogen) atoms. The van der Waals surface area contributed by atoms with Gasteiger partial charge in [0.1, 0.15) is 0 Å². The van der Waals surface area contributed by atoms with Gasteiger partial charge in [0.2, 0.25) is 5.91 Å². The Balaban J connectivity index is 1.68. The number of nitrogens with zero attached hydrogens (tertiary/aromatic N) is 4. The minimum atomic E-state index is -0.0737. The van der Waals surface area contributed by atoms with Crippen LogP contribution in [0, 0.1) is 13.8 Å². The van der Waals surface area contributed by atoms with Crippen LogP contribution in [0.25, 0.3) is 16.9 Å². The molecule has 0 aliphatic carbocycles. The normalized spacial score (nSPS) is 15.2. The molecule has 3 heterocycles. The Hall–Kier alpha value is -2.77. The molecule has 0 saturated carbocycles. The van der Waals surface area contributed by atoms with Crippen molar-refractivity contribution < 1.29 is 9.53 Å². The lowest BCUT2D eigenvalue weighted by molar-refractivity contribution is -0.127. The number of aryl methyl sites for hydroxylation is 2. The van der Waals surface area contributed by atoms with Gasteiger partial charge in [0.05, 0.1) is 36.7 Å². The summed E-state index contributed by atoms with van der Waals surface area (Å²) in [7, 11) is 0. The van der Waals surface area contributed by atoms with Crippen LogP contribution in [0.15, 0.2) is 36.4 Å². The first-order chi connectivity index (χ1) is 13.1. The van der Waals surface area contributed by atoms with Crippen molar-refractivity contribution in [2.75, 3.05) is 26.3 Å². The molecule has 7 nitrogen and oxygen atoms in total. The third kappa shape index (κ3) is 3.84. The van der Waals surface area contributed by atoms with E-state index in [1.54, 1.807) is 4.52 Å². The molecule has 1 saturated heterocycles. The van der Waals surface area contributed by atoms with Gasteiger partial charge in [-0.2, -0.15) is 5.10 Å². The number of hydrogen-bond donors (Lipinski definition) is 1. The number of morpholine rings is 1. The number of amides is 1. The molecule has 1 fully saturated rings. The maximum atomic E-state index is 12.7. The van der Waals surface area contributed by atoms with Gasteiger partial charge in [-0.1, -0.05) is 29.8 Å². The van der Waals surface area contributed by atoms with Crippen molar-refractivity contribution in [1.29, 1.82) is 0 Å². The van der Waals surface area contributed by atoms with Gasteiger partial charge < -0.3 is 4.74 Å². The molecular formula is C20H23N5O2. The summed E-state index contributed by atoms with van der Waals surface area (Å²) in [6, 6.07) is 12.0. The number of rotatable bonds is 4. The zero-order valence-corrected chi connectivity index (χ0v) is 15.6. The van der Waals surface area contributed by atoms with Crippen LogP contribution in [0.3, 0.4) is 0 Å². The highest BCUT2D eigenvalue weighted by Crippen LogP contribution is 2.25. The molecule has 2 aromatic heterocycles. The van der Waals surface area contributed by atoms with E-state index in [-0.39, 0.29) is 12.3 Å². The fraction of sp³-hybridized carbons (Fsp3) is 0.350. The van der Waals surface area contributed by atoms with Crippen LogP contribution in [0.4, 0.5) is 0 Å². The first-order valence-electron chi connectivity index (χ1n) is 9.14. The van der Waals surface area contributed by atoms with E-state index in [9.17, 15) is 4.79 Å². The zero-order chi connectivity index (χ0) is 18.8. The van der Waals surface area contributed by atoms with Crippen LogP contribution in [-0.2, 0) is 16.0 Å². The van der Waals surface area contributed by atoms with E-state index < -0.39 is 0 Å². The average Bonchev–Trinajstić information content (AvgIpc) is 3.01. The lowest BCUT2D eigenvalue weighted by Gasteiger charge is -2.26. The molecule has 0 bridgehead atoms. The van der Waals surface area contributed by atoms with E-state index in [4.69, 9.17) is 9.72 Å². The molecule has 0 unspecified atom stereocenters. The smallest absolute Gasteiger partial charge is 0.240 e. The Labute approximate surface area is 157 Å². The summed E-state index contributed by atoms with van der Waals surface area (Å²) >= 11 is 0. The highest BCUT2D eigenvalue weighted by Gasteiger charge is 2.20. The lowest BCUT2D eigenvalue weighted by atomic mass is 10.1. The average molecular weight is 365 g/mol. The number of nitrogens with one attached hydrogen (secondary N) is 1. The van der Waals surface area contributed by atoms with Crippen LogP contribution in [0.2, 0.25) is 0 Å². The number of aromatic nitrogens is 3. The minimum Gasteiger partial charge on any atom is -0.379 e. The topological polar surface area (TPSA) is 71.8 Å². The van der Waals surface area contributed by atoms with Crippen molar-refractivity contribution in [3.05, 3.63) is 53.3 Å². The molecule has 1 aliphatic heterocycles. The monoisotopic (exact) mass is 365 g/mol. The number of carbonyl (C=O) groups excluding carboxylic acids is 1. The molecule has 0 radical (unpaired) electrons. The van der Waals surface area contributed by atoms with Crippen molar-refractivity contribution >= 4 is 11.6 Å². The maximum Gasteiger partial charge on any atom is 0.240 e. The quantitative estimate of drug-likeness (QED) is 0.765. The largest absolute Gasteiger partial charge is 0.379 e. The van der Waals surface area contributed by atoms with Gasteiger partial charge >= 0.3 is 0 Å². The summed E-state index contributed by atoms with van der Waals surface area (Å²) in [5.74, 6) is -0.0737. The number of benzene rings is 1. The van der Waals surface area contributed by atoms with Crippen LogP contribution in [0.1, 0.15) is 17.0 Å². The second kappa shape index (κ2) is 7.46. The molecule has 140 valence electrons. The molecule has 3 aromatic rings. The third-order valence-electron chi connectivity index (χ3n) is 4.65. The number of carbonyl (C=O) groups is 1. The van der Waals surface area contributed by atoms with Crippen LogP contribution in [0.5, 0.6) is 0 Å². The molecule has 1 aromatic carbocycles. The van der Waals surface area contributed by atoms with E-state index in [1.807, 2.05) is 36.2 Å². The highest BCUT2D eigenvalue weighted by molar-refractivity contribution is 5.81. The van der Waals surface area contributed by atoms with Gasteiger partial charge in [0.15, 0.2) is 5.65 Å². The van der Waals surface area contributed by atoms with Gasteiger partial charge in [-0.15, -0.1) is 0 Å². The SMILES string of the molecule is Cc1ccc(-c2nc3ccc(C)nn3c2CC(=O)NN2CCOCC2)cc1. The van der Waals surface area contributed by atoms with Crippen LogP contribution >= 0.6 is 0 Å². The van der Waals surface area contributed by atoms with Gasteiger partial charge in [0.25, 0.3) is 0 Å². The molecule has 4 rings (SSSR count). The molecule has 1 aliphatic rings. The predicted octanol–water partition coefficient (Wildman–Crippen LogP) is 1.92. The van der Waals surface area contributed by atoms with Crippen LogP contribution < -0.4 is 5.43 Å². The fourth-order valence-corrected chi connectivity index (χ4v) is 3.21. The molecule has 1 N–H and O–H groups in total. The molecule has 0 spiro atoms. The van der Waals surface area contributed by atoms with E-state index >= 15 is 0 Å². The first-order valence-corrected chi connectivity index (χ1v) is 9.14. The van der Waals surface area contributed by atoms with Crippen molar-refractivity contribution in [3.63, 3.8) is 0 Å². The van der Waals surface area contributed by atoms with E-state index in [2.05, 4.69) is 29.6 Å². The summed E-state index contributed by atoms with van der Waals surface area (Å²) in [5.41, 5.74) is 8.35. The summed E-state index contributed by atoms with van der Waals surface area (Å²) in [6.07, 6.45) is 0.207. The van der Waals surface area contributed by atoms with Crippen molar-refractivity contribution in [3.8, 4) is 11.3 Å².